The number of benzene rings is 2. The number of ether oxygens (including phenoxy) is 2. The number of anilines is 1. The largest absolute Gasteiger partial charge is 0.482 e. The van der Waals surface area contributed by atoms with Gasteiger partial charge < -0.3 is 14.8 Å². The van der Waals surface area contributed by atoms with Crippen molar-refractivity contribution in [2.75, 3.05) is 11.9 Å². The number of rotatable bonds is 8. The van der Waals surface area contributed by atoms with Gasteiger partial charge in [0.2, 0.25) is 0 Å². The molecule has 0 heterocycles. The molecule has 0 bridgehead atoms. The molecule has 6 heteroatoms. The fraction of sp³-hybridized carbons (Fsp3) is 0.333. The molecular formula is C21H24ClNO4. The van der Waals surface area contributed by atoms with Crippen LogP contribution >= 0.6 is 11.6 Å². The van der Waals surface area contributed by atoms with Gasteiger partial charge in [-0.2, -0.15) is 0 Å². The Labute approximate surface area is 164 Å². The lowest BCUT2D eigenvalue weighted by Crippen LogP contribution is -2.32. The fourth-order valence-corrected chi connectivity index (χ4v) is 2.71. The van der Waals surface area contributed by atoms with Crippen molar-refractivity contribution in [3.05, 3.63) is 58.6 Å². The minimum Gasteiger partial charge on any atom is -0.482 e. The second kappa shape index (κ2) is 9.97. The van der Waals surface area contributed by atoms with Gasteiger partial charge in [-0.1, -0.05) is 43.6 Å². The van der Waals surface area contributed by atoms with E-state index < -0.39 is 12.1 Å². The van der Waals surface area contributed by atoms with Crippen LogP contribution in [0.15, 0.2) is 42.5 Å². The summed E-state index contributed by atoms with van der Waals surface area (Å²) < 4.78 is 10.5. The van der Waals surface area contributed by atoms with Crippen LogP contribution < -0.4 is 10.1 Å². The number of carbonyl (C=O) groups is 2. The third kappa shape index (κ3) is 6.00. The van der Waals surface area contributed by atoms with Gasteiger partial charge in [0.25, 0.3) is 5.91 Å². The third-order valence-corrected chi connectivity index (χ3v) is 4.35. The number of nitrogens with one attached hydrogen (secondary N) is 1. The molecule has 1 amide bonds. The quantitative estimate of drug-likeness (QED) is 0.679. The van der Waals surface area contributed by atoms with Crippen molar-refractivity contribution in [3.63, 3.8) is 0 Å². The SMILES string of the molecule is CCc1cccc(CC)c1NC(=O)C(C)OC(=O)COc1ccc(Cl)cc1. The molecule has 0 saturated heterocycles. The minimum atomic E-state index is -0.930. The van der Waals surface area contributed by atoms with Crippen LogP contribution in [0.1, 0.15) is 31.9 Å². The van der Waals surface area contributed by atoms with Crippen molar-refractivity contribution in [3.8, 4) is 5.75 Å². The van der Waals surface area contributed by atoms with E-state index in [1.807, 2.05) is 32.0 Å². The van der Waals surface area contributed by atoms with E-state index in [1.54, 1.807) is 24.3 Å². The van der Waals surface area contributed by atoms with Crippen molar-refractivity contribution >= 4 is 29.2 Å². The van der Waals surface area contributed by atoms with E-state index in [0.29, 0.717) is 10.8 Å². The lowest BCUT2D eigenvalue weighted by Gasteiger charge is -2.18. The van der Waals surface area contributed by atoms with Crippen LogP contribution in [0.3, 0.4) is 0 Å². The summed E-state index contributed by atoms with van der Waals surface area (Å²) in [7, 11) is 0. The monoisotopic (exact) mass is 389 g/mol. The average Bonchev–Trinajstić information content (AvgIpc) is 2.67. The molecule has 0 aliphatic heterocycles. The Morgan fingerprint density at radius 1 is 1.04 bits per heavy atom. The molecule has 2 aromatic carbocycles. The molecule has 2 aromatic rings. The topological polar surface area (TPSA) is 64.6 Å². The van der Waals surface area contributed by atoms with Gasteiger partial charge in [0.15, 0.2) is 12.7 Å². The van der Waals surface area contributed by atoms with Crippen molar-refractivity contribution < 1.29 is 19.1 Å². The van der Waals surface area contributed by atoms with E-state index in [2.05, 4.69) is 5.32 Å². The number of esters is 1. The maximum Gasteiger partial charge on any atom is 0.344 e. The van der Waals surface area contributed by atoms with Crippen LogP contribution in [0.2, 0.25) is 5.02 Å². The number of hydrogen-bond donors (Lipinski definition) is 1. The molecule has 5 nitrogen and oxygen atoms in total. The molecule has 1 atom stereocenters. The molecule has 1 unspecified atom stereocenters. The highest BCUT2D eigenvalue weighted by atomic mass is 35.5. The zero-order valence-electron chi connectivity index (χ0n) is 15.8. The molecular weight excluding hydrogens is 366 g/mol. The van der Waals surface area contributed by atoms with E-state index in [0.717, 1.165) is 29.7 Å². The van der Waals surface area contributed by atoms with Crippen molar-refractivity contribution in [2.45, 2.75) is 39.7 Å². The number of aryl methyl sites for hydroxylation is 2. The minimum absolute atomic E-state index is 0.287. The first kappa shape index (κ1) is 20.8. The zero-order chi connectivity index (χ0) is 19.8. The van der Waals surface area contributed by atoms with E-state index in [-0.39, 0.29) is 12.5 Å². The first-order valence-corrected chi connectivity index (χ1v) is 9.31. The van der Waals surface area contributed by atoms with Gasteiger partial charge in [-0.15, -0.1) is 0 Å². The third-order valence-electron chi connectivity index (χ3n) is 4.09. The fourth-order valence-electron chi connectivity index (χ4n) is 2.59. The number of para-hydroxylation sites is 1. The Kier molecular flexibility index (Phi) is 7.67. The predicted molar refractivity (Wildman–Crippen MR) is 106 cm³/mol. The molecule has 0 saturated carbocycles. The smallest absolute Gasteiger partial charge is 0.344 e. The van der Waals surface area contributed by atoms with Crippen LogP contribution in [0.25, 0.3) is 0 Å². The Morgan fingerprint density at radius 2 is 1.63 bits per heavy atom. The first-order chi connectivity index (χ1) is 12.9. The number of hydrogen-bond acceptors (Lipinski definition) is 4. The van der Waals surface area contributed by atoms with Gasteiger partial charge in [0.1, 0.15) is 5.75 Å². The maximum absolute atomic E-state index is 12.5. The summed E-state index contributed by atoms with van der Waals surface area (Å²) in [4.78, 5) is 24.4. The second-order valence-electron chi connectivity index (χ2n) is 6.02. The lowest BCUT2D eigenvalue weighted by molar-refractivity contribution is -0.155. The van der Waals surface area contributed by atoms with Gasteiger partial charge in [-0.3, -0.25) is 4.79 Å². The second-order valence-corrected chi connectivity index (χ2v) is 6.46. The Hall–Kier alpha value is -2.53. The zero-order valence-corrected chi connectivity index (χ0v) is 16.5. The standard InChI is InChI=1S/C21H24ClNO4/c1-4-15-7-6-8-16(5-2)20(15)23-21(25)14(3)27-19(24)13-26-18-11-9-17(22)10-12-18/h6-12,14H,4-5,13H2,1-3H3,(H,23,25). The molecule has 0 aromatic heterocycles. The normalized spacial score (nSPS) is 11.6. The Bertz CT molecular complexity index is 767. The lowest BCUT2D eigenvalue weighted by atomic mass is 10.0. The summed E-state index contributed by atoms with van der Waals surface area (Å²) in [6.07, 6.45) is 0.667. The van der Waals surface area contributed by atoms with Gasteiger partial charge in [-0.25, -0.2) is 4.79 Å². The summed E-state index contributed by atoms with van der Waals surface area (Å²) >= 11 is 5.80. The van der Waals surface area contributed by atoms with Crippen molar-refractivity contribution in [2.24, 2.45) is 0 Å². The molecule has 0 aliphatic rings. The van der Waals surface area contributed by atoms with Crippen LogP contribution in [-0.4, -0.2) is 24.6 Å². The molecule has 0 radical (unpaired) electrons. The summed E-state index contributed by atoms with van der Waals surface area (Å²) in [5.41, 5.74) is 2.90. The van der Waals surface area contributed by atoms with E-state index >= 15 is 0 Å². The number of halogens is 1. The highest BCUT2D eigenvalue weighted by Gasteiger charge is 2.20. The summed E-state index contributed by atoms with van der Waals surface area (Å²) in [5.74, 6) is -0.490. The molecule has 0 spiro atoms. The molecule has 144 valence electrons. The van der Waals surface area contributed by atoms with Crippen molar-refractivity contribution in [1.82, 2.24) is 0 Å². The van der Waals surface area contributed by atoms with Gasteiger partial charge >= 0.3 is 5.97 Å². The predicted octanol–water partition coefficient (Wildman–Crippen LogP) is 4.41. The molecule has 0 aliphatic carbocycles. The molecule has 27 heavy (non-hydrogen) atoms. The van der Waals surface area contributed by atoms with E-state index in [1.165, 1.54) is 6.92 Å². The summed E-state index contributed by atoms with van der Waals surface area (Å²) in [6.45, 7) is 5.31. The molecule has 1 N–H and O–H groups in total. The summed E-state index contributed by atoms with van der Waals surface area (Å²) in [6, 6.07) is 12.6. The average molecular weight is 390 g/mol. The van der Waals surface area contributed by atoms with Crippen LogP contribution in [0.5, 0.6) is 5.75 Å². The van der Waals surface area contributed by atoms with E-state index in [9.17, 15) is 9.59 Å². The van der Waals surface area contributed by atoms with Crippen LogP contribution in [0, 0.1) is 0 Å². The number of carbonyl (C=O) groups excluding carboxylic acids is 2. The van der Waals surface area contributed by atoms with Gasteiger partial charge in [-0.05, 0) is 55.2 Å². The van der Waals surface area contributed by atoms with Crippen LogP contribution in [0.4, 0.5) is 5.69 Å². The van der Waals surface area contributed by atoms with Crippen LogP contribution in [-0.2, 0) is 27.2 Å². The van der Waals surface area contributed by atoms with Crippen molar-refractivity contribution in [1.29, 1.82) is 0 Å². The van der Waals surface area contributed by atoms with Gasteiger partial charge in [0.05, 0.1) is 0 Å². The summed E-state index contributed by atoms with van der Waals surface area (Å²) in [5, 5.41) is 3.47. The molecule has 2 rings (SSSR count). The first-order valence-electron chi connectivity index (χ1n) is 8.94. The highest BCUT2D eigenvalue weighted by molar-refractivity contribution is 6.30. The van der Waals surface area contributed by atoms with Gasteiger partial charge in [0, 0.05) is 10.7 Å². The Balaban J connectivity index is 1.91. The van der Waals surface area contributed by atoms with E-state index in [4.69, 9.17) is 21.1 Å². The number of amides is 1. The maximum atomic E-state index is 12.5. The Morgan fingerprint density at radius 3 is 2.19 bits per heavy atom. The molecule has 0 fully saturated rings. The highest BCUT2D eigenvalue weighted by Crippen LogP contribution is 2.23.